The third-order valence-corrected chi connectivity index (χ3v) is 1.14. The Kier molecular flexibility index (Phi) is 2.44. The summed E-state index contributed by atoms with van der Waals surface area (Å²) in [7, 11) is 0. The molecule has 0 atom stereocenters. The quantitative estimate of drug-likeness (QED) is 0.576. The minimum Gasteiger partial charge on any atom is -0.449 e. The van der Waals surface area contributed by atoms with Gasteiger partial charge >= 0.3 is 5.97 Å². The van der Waals surface area contributed by atoms with Gasteiger partial charge in [-0.05, 0) is 22.0 Å². The first-order valence-corrected chi connectivity index (χ1v) is 3.69. The Morgan fingerprint density at radius 2 is 2.70 bits per heavy atom. The Bertz CT molecular complexity index is 209. The molecule has 0 unspecified atom stereocenters. The zero-order valence-corrected chi connectivity index (χ0v) is 6.59. The molecule has 0 fully saturated rings. The van der Waals surface area contributed by atoms with Crippen molar-refractivity contribution in [2.75, 3.05) is 5.52 Å². The van der Waals surface area contributed by atoms with Crippen LogP contribution < -0.4 is 0 Å². The molecule has 1 heterocycles. The Morgan fingerprint density at radius 1 is 1.90 bits per heavy atom. The summed E-state index contributed by atoms with van der Waals surface area (Å²) in [6.45, 7) is 0. The Labute approximate surface area is 65.7 Å². The fourth-order valence-electron chi connectivity index (χ4n) is 0.497. The number of ether oxygens (including phenoxy) is 1. The molecule has 0 amide bonds. The molecule has 1 aromatic heterocycles. The van der Waals surface area contributed by atoms with Crippen LogP contribution in [0.5, 0.6) is 0 Å². The van der Waals surface area contributed by atoms with Crippen molar-refractivity contribution < 1.29 is 9.53 Å². The number of nitrogens with zero attached hydrogens (tertiary/aromatic N) is 1. The molecule has 0 saturated carbocycles. The topological polar surface area (TPSA) is 55.0 Å². The number of carbonyl (C=O) groups is 1. The molecule has 1 aromatic rings. The van der Waals surface area contributed by atoms with Crippen molar-refractivity contribution in [2.24, 2.45) is 0 Å². The van der Waals surface area contributed by atoms with Crippen LogP contribution in [0.15, 0.2) is 12.3 Å². The summed E-state index contributed by atoms with van der Waals surface area (Å²) in [6, 6.07) is 1.55. The molecule has 0 spiro atoms. The highest BCUT2D eigenvalue weighted by Crippen LogP contribution is 1.96. The minimum atomic E-state index is -0.408. The van der Waals surface area contributed by atoms with Crippen LogP contribution in [-0.2, 0) is 4.74 Å². The Balaban J connectivity index is 2.59. The number of rotatable bonds is 2. The molecule has 0 aliphatic rings. The third-order valence-electron chi connectivity index (χ3n) is 0.906. The molecule has 54 valence electrons. The average Bonchev–Trinajstić information content (AvgIpc) is 2.38. The molecular weight excluding hydrogens is 200 g/mol. The highest BCUT2D eigenvalue weighted by atomic mass is 79.9. The normalized spacial score (nSPS) is 9.30. The van der Waals surface area contributed by atoms with Gasteiger partial charge in [-0.2, -0.15) is 5.10 Å². The molecule has 10 heavy (non-hydrogen) atoms. The van der Waals surface area contributed by atoms with Crippen LogP contribution in [0.25, 0.3) is 0 Å². The third kappa shape index (κ3) is 1.57. The summed E-state index contributed by atoms with van der Waals surface area (Å²) in [4.78, 5) is 10.8. The van der Waals surface area contributed by atoms with Gasteiger partial charge in [0, 0.05) is 6.20 Å². The van der Waals surface area contributed by atoms with Crippen molar-refractivity contribution in [3.8, 4) is 0 Å². The molecule has 0 aromatic carbocycles. The standard InChI is InChI=1S/C5H5BrN2O2/c6-3-10-5(9)4-1-2-7-8-4/h1-2H,3H2,(H,7,8). The molecule has 0 aliphatic heterocycles. The smallest absolute Gasteiger partial charge is 0.357 e. The van der Waals surface area contributed by atoms with E-state index in [-0.39, 0.29) is 5.52 Å². The second-order valence-electron chi connectivity index (χ2n) is 1.51. The van der Waals surface area contributed by atoms with Gasteiger partial charge in [0.1, 0.15) is 11.2 Å². The van der Waals surface area contributed by atoms with Crippen molar-refractivity contribution in [1.29, 1.82) is 0 Å². The molecule has 4 nitrogen and oxygen atoms in total. The van der Waals surface area contributed by atoms with E-state index in [0.717, 1.165) is 0 Å². The molecule has 0 radical (unpaired) electrons. The van der Waals surface area contributed by atoms with Gasteiger partial charge in [0.25, 0.3) is 0 Å². The van der Waals surface area contributed by atoms with E-state index in [2.05, 4.69) is 30.9 Å². The first-order valence-electron chi connectivity index (χ1n) is 2.57. The van der Waals surface area contributed by atoms with Gasteiger partial charge in [-0.15, -0.1) is 0 Å². The van der Waals surface area contributed by atoms with Crippen LogP contribution in [0.3, 0.4) is 0 Å². The lowest BCUT2D eigenvalue weighted by atomic mass is 10.4. The van der Waals surface area contributed by atoms with E-state index in [9.17, 15) is 4.79 Å². The van der Waals surface area contributed by atoms with Crippen LogP contribution in [-0.4, -0.2) is 21.7 Å². The van der Waals surface area contributed by atoms with E-state index >= 15 is 0 Å². The number of carbonyl (C=O) groups excluding carboxylic acids is 1. The van der Waals surface area contributed by atoms with Crippen LogP contribution in [0, 0.1) is 0 Å². The van der Waals surface area contributed by atoms with Crippen molar-refractivity contribution in [2.45, 2.75) is 0 Å². The number of hydrogen-bond donors (Lipinski definition) is 1. The lowest BCUT2D eigenvalue weighted by molar-refractivity contribution is 0.0577. The predicted molar refractivity (Wildman–Crippen MR) is 37.8 cm³/mol. The van der Waals surface area contributed by atoms with E-state index in [0.29, 0.717) is 5.69 Å². The maximum atomic E-state index is 10.8. The van der Waals surface area contributed by atoms with Gasteiger partial charge < -0.3 is 4.74 Å². The lowest BCUT2D eigenvalue weighted by Gasteiger charge is -1.94. The summed E-state index contributed by atoms with van der Waals surface area (Å²) in [6.07, 6.45) is 1.49. The van der Waals surface area contributed by atoms with Gasteiger partial charge in [0.15, 0.2) is 0 Å². The molecular formula is C5H5BrN2O2. The number of H-pyrrole nitrogens is 1. The lowest BCUT2D eigenvalue weighted by Crippen LogP contribution is -2.03. The van der Waals surface area contributed by atoms with E-state index in [1.54, 1.807) is 6.07 Å². The first kappa shape index (κ1) is 7.27. The second-order valence-corrected chi connectivity index (χ2v) is 1.97. The molecule has 0 saturated heterocycles. The molecule has 0 bridgehead atoms. The van der Waals surface area contributed by atoms with Crippen LogP contribution >= 0.6 is 15.9 Å². The van der Waals surface area contributed by atoms with E-state index in [4.69, 9.17) is 0 Å². The van der Waals surface area contributed by atoms with Crippen LogP contribution in [0.1, 0.15) is 10.5 Å². The van der Waals surface area contributed by atoms with E-state index in [1.807, 2.05) is 0 Å². The van der Waals surface area contributed by atoms with Gasteiger partial charge in [0.05, 0.1) is 0 Å². The monoisotopic (exact) mass is 204 g/mol. The zero-order valence-electron chi connectivity index (χ0n) is 5.00. The number of nitrogens with one attached hydrogen (secondary N) is 1. The molecule has 1 N–H and O–H groups in total. The summed E-state index contributed by atoms with van der Waals surface area (Å²) >= 11 is 2.96. The SMILES string of the molecule is O=C(OCBr)c1ccn[nH]1. The second kappa shape index (κ2) is 3.36. The maximum absolute atomic E-state index is 10.8. The highest BCUT2D eigenvalue weighted by molar-refractivity contribution is 9.09. The van der Waals surface area contributed by atoms with Crippen molar-refractivity contribution >= 4 is 21.9 Å². The van der Waals surface area contributed by atoms with Crippen molar-refractivity contribution in [3.05, 3.63) is 18.0 Å². The van der Waals surface area contributed by atoms with Crippen LogP contribution in [0.2, 0.25) is 0 Å². The number of esters is 1. The fourth-order valence-corrected chi connectivity index (χ4v) is 0.705. The number of aromatic nitrogens is 2. The van der Waals surface area contributed by atoms with E-state index in [1.165, 1.54) is 6.20 Å². The largest absolute Gasteiger partial charge is 0.449 e. The fraction of sp³-hybridized carbons (Fsp3) is 0.200. The molecule has 0 aliphatic carbocycles. The number of alkyl halides is 1. The Morgan fingerprint density at radius 3 is 3.20 bits per heavy atom. The van der Waals surface area contributed by atoms with Gasteiger partial charge in [-0.25, -0.2) is 4.79 Å². The minimum absolute atomic E-state index is 0.199. The van der Waals surface area contributed by atoms with Gasteiger partial charge in [-0.1, -0.05) is 0 Å². The van der Waals surface area contributed by atoms with Gasteiger partial charge in [-0.3, -0.25) is 5.10 Å². The average molecular weight is 205 g/mol. The predicted octanol–water partition coefficient (Wildman–Crippen LogP) is 0.919. The van der Waals surface area contributed by atoms with Crippen molar-refractivity contribution in [1.82, 2.24) is 10.2 Å². The first-order chi connectivity index (χ1) is 4.84. The maximum Gasteiger partial charge on any atom is 0.357 e. The molecule has 5 heteroatoms. The van der Waals surface area contributed by atoms with E-state index < -0.39 is 5.97 Å². The summed E-state index contributed by atoms with van der Waals surface area (Å²) in [5.41, 5.74) is 0.560. The highest BCUT2D eigenvalue weighted by Gasteiger charge is 2.05. The summed E-state index contributed by atoms with van der Waals surface area (Å²) < 4.78 is 4.59. The van der Waals surface area contributed by atoms with Gasteiger partial charge in [0.2, 0.25) is 0 Å². The zero-order chi connectivity index (χ0) is 7.40. The summed E-state index contributed by atoms with van der Waals surface area (Å²) in [5, 5.41) is 6.06. The van der Waals surface area contributed by atoms with Crippen molar-refractivity contribution in [3.63, 3.8) is 0 Å². The number of aromatic amines is 1. The van der Waals surface area contributed by atoms with Crippen LogP contribution in [0.4, 0.5) is 0 Å². The molecule has 1 rings (SSSR count). The summed E-state index contributed by atoms with van der Waals surface area (Å²) in [5.74, 6) is -0.408. The number of halogens is 1. The number of hydrogen-bond acceptors (Lipinski definition) is 3. The Hall–Kier alpha value is -0.840.